The van der Waals surface area contributed by atoms with Gasteiger partial charge in [0.1, 0.15) is 0 Å². The number of rotatable bonds is 5. The Bertz CT molecular complexity index is 375. The number of carboxylic acid groups (broad SMARTS) is 1. The molecular weight excluding hydrogens is 268 g/mol. The van der Waals surface area contributed by atoms with Gasteiger partial charge in [0.25, 0.3) is 0 Å². The molecule has 2 amide bonds. The minimum Gasteiger partial charge on any atom is -0.481 e. The van der Waals surface area contributed by atoms with Crippen molar-refractivity contribution < 1.29 is 18.9 Å². The lowest BCUT2D eigenvalue weighted by Gasteiger charge is -2.20. The zero-order valence-electron chi connectivity index (χ0n) is 11.6. The topological polar surface area (TPSA) is 86.7 Å². The van der Waals surface area contributed by atoms with E-state index in [1.54, 1.807) is 11.2 Å². The Hall–Kier alpha value is -1.11. The van der Waals surface area contributed by atoms with Crippen LogP contribution in [0.3, 0.4) is 0 Å². The highest BCUT2D eigenvalue weighted by atomic mass is 32.2. The summed E-state index contributed by atoms with van der Waals surface area (Å²) in [6.45, 7) is 4.43. The summed E-state index contributed by atoms with van der Waals surface area (Å²) in [5.41, 5.74) is 0. The van der Waals surface area contributed by atoms with Crippen molar-refractivity contribution in [3.8, 4) is 0 Å². The van der Waals surface area contributed by atoms with Gasteiger partial charge in [-0.15, -0.1) is 0 Å². The van der Waals surface area contributed by atoms with Gasteiger partial charge in [-0.2, -0.15) is 0 Å². The lowest BCUT2D eigenvalue weighted by molar-refractivity contribution is -0.142. The number of urea groups is 1. The Balaban J connectivity index is 2.42. The van der Waals surface area contributed by atoms with Gasteiger partial charge in [0.2, 0.25) is 0 Å². The monoisotopic (exact) mass is 290 g/mol. The predicted molar refractivity (Wildman–Crippen MR) is 73.4 cm³/mol. The van der Waals surface area contributed by atoms with E-state index in [1.165, 1.54) is 0 Å². The number of hydrogen-bond acceptors (Lipinski definition) is 3. The van der Waals surface area contributed by atoms with Crippen LogP contribution in [0.25, 0.3) is 0 Å². The second-order valence-electron chi connectivity index (χ2n) is 5.24. The van der Waals surface area contributed by atoms with E-state index in [0.29, 0.717) is 18.7 Å². The first-order valence-corrected chi connectivity index (χ1v) is 8.12. The third-order valence-corrected chi connectivity index (χ3v) is 4.24. The molecule has 1 heterocycles. The van der Waals surface area contributed by atoms with Crippen LogP contribution < -0.4 is 5.32 Å². The molecule has 0 aromatic rings. The zero-order chi connectivity index (χ0) is 14.6. The van der Waals surface area contributed by atoms with E-state index in [2.05, 4.69) is 5.32 Å². The van der Waals surface area contributed by atoms with Crippen LogP contribution in [-0.2, 0) is 15.6 Å². The third-order valence-electron chi connectivity index (χ3n) is 3.42. The molecule has 1 aliphatic heterocycles. The number of carbonyl (C=O) groups excluding carboxylic acids is 1. The highest BCUT2D eigenvalue weighted by Gasteiger charge is 2.37. The zero-order valence-corrected chi connectivity index (χ0v) is 12.4. The summed E-state index contributed by atoms with van der Waals surface area (Å²) in [5, 5.41) is 11.8. The molecule has 1 rings (SSSR count). The minimum absolute atomic E-state index is 0.0262. The van der Waals surface area contributed by atoms with Crippen molar-refractivity contribution in [2.24, 2.45) is 11.8 Å². The Morgan fingerprint density at radius 3 is 2.58 bits per heavy atom. The Labute approximate surface area is 116 Å². The molecule has 2 N–H and O–H groups in total. The van der Waals surface area contributed by atoms with E-state index in [0.717, 1.165) is 0 Å². The van der Waals surface area contributed by atoms with Crippen LogP contribution in [0.15, 0.2) is 0 Å². The molecule has 0 saturated carbocycles. The Morgan fingerprint density at radius 2 is 2.11 bits per heavy atom. The molecule has 110 valence electrons. The maximum atomic E-state index is 12.0. The second-order valence-corrected chi connectivity index (χ2v) is 6.80. The van der Waals surface area contributed by atoms with Gasteiger partial charge in [0.05, 0.1) is 5.92 Å². The predicted octanol–water partition coefficient (Wildman–Crippen LogP) is 0.506. The summed E-state index contributed by atoms with van der Waals surface area (Å²) in [6, 6.07) is -0.291. The smallest absolute Gasteiger partial charge is 0.317 e. The average Bonchev–Trinajstić information content (AvgIpc) is 2.69. The molecule has 0 aliphatic carbocycles. The SMILES string of the molecule is CC(CCS(C)=O)NC(=O)N1CC(C)C(C(=O)O)C1. The fourth-order valence-electron chi connectivity index (χ4n) is 2.17. The van der Waals surface area contributed by atoms with Crippen LogP contribution in [0.2, 0.25) is 0 Å². The van der Waals surface area contributed by atoms with Gasteiger partial charge in [0, 0.05) is 41.9 Å². The molecule has 1 fully saturated rings. The van der Waals surface area contributed by atoms with Crippen molar-refractivity contribution in [1.29, 1.82) is 0 Å². The molecule has 1 aliphatic rings. The molecule has 0 spiro atoms. The molecule has 4 unspecified atom stereocenters. The molecule has 19 heavy (non-hydrogen) atoms. The average molecular weight is 290 g/mol. The van der Waals surface area contributed by atoms with Crippen molar-refractivity contribution in [3.05, 3.63) is 0 Å². The summed E-state index contributed by atoms with van der Waals surface area (Å²) in [6.07, 6.45) is 2.29. The molecule has 0 aromatic carbocycles. The second kappa shape index (κ2) is 6.88. The molecule has 1 saturated heterocycles. The van der Waals surface area contributed by atoms with Gasteiger partial charge >= 0.3 is 12.0 Å². The van der Waals surface area contributed by atoms with Gasteiger partial charge < -0.3 is 15.3 Å². The van der Waals surface area contributed by atoms with Crippen LogP contribution in [0.1, 0.15) is 20.3 Å². The first-order chi connectivity index (χ1) is 8.81. The number of nitrogens with zero attached hydrogens (tertiary/aromatic N) is 1. The highest BCUT2D eigenvalue weighted by Crippen LogP contribution is 2.23. The molecule has 0 bridgehead atoms. The van der Waals surface area contributed by atoms with E-state index in [-0.39, 0.29) is 24.5 Å². The van der Waals surface area contributed by atoms with E-state index in [9.17, 15) is 13.8 Å². The fourth-order valence-corrected chi connectivity index (χ4v) is 2.86. The van der Waals surface area contributed by atoms with Crippen LogP contribution in [0, 0.1) is 11.8 Å². The standard InChI is InChI=1S/C12H22N2O4S/c1-8-6-14(7-10(8)11(15)16)12(17)13-9(2)4-5-19(3)18/h8-10H,4-7H2,1-3H3,(H,13,17)(H,15,16). The summed E-state index contributed by atoms with van der Waals surface area (Å²) in [7, 11) is -0.863. The molecular formula is C12H22N2O4S. The van der Waals surface area contributed by atoms with Crippen molar-refractivity contribution in [2.75, 3.05) is 25.1 Å². The molecule has 0 radical (unpaired) electrons. The van der Waals surface area contributed by atoms with Crippen LogP contribution in [0.4, 0.5) is 4.79 Å². The number of carboxylic acids is 1. The molecule has 4 atom stereocenters. The van der Waals surface area contributed by atoms with Crippen molar-refractivity contribution in [1.82, 2.24) is 10.2 Å². The summed E-state index contributed by atoms with van der Waals surface area (Å²) in [4.78, 5) is 24.5. The quantitative estimate of drug-likeness (QED) is 0.772. The number of aliphatic carboxylic acids is 1. The number of amides is 2. The molecule has 0 aromatic heterocycles. The minimum atomic E-state index is -0.863. The van der Waals surface area contributed by atoms with E-state index >= 15 is 0 Å². The fraction of sp³-hybridized carbons (Fsp3) is 0.833. The van der Waals surface area contributed by atoms with E-state index in [4.69, 9.17) is 5.11 Å². The third kappa shape index (κ3) is 4.81. The number of likely N-dealkylation sites (tertiary alicyclic amines) is 1. The largest absolute Gasteiger partial charge is 0.481 e. The maximum Gasteiger partial charge on any atom is 0.317 e. The Morgan fingerprint density at radius 1 is 1.47 bits per heavy atom. The van der Waals surface area contributed by atoms with Crippen molar-refractivity contribution in [2.45, 2.75) is 26.3 Å². The number of nitrogens with one attached hydrogen (secondary N) is 1. The lowest BCUT2D eigenvalue weighted by atomic mass is 9.99. The van der Waals surface area contributed by atoms with Crippen LogP contribution in [-0.4, -0.2) is 57.4 Å². The highest BCUT2D eigenvalue weighted by molar-refractivity contribution is 7.84. The van der Waals surface area contributed by atoms with Crippen LogP contribution in [0.5, 0.6) is 0 Å². The summed E-state index contributed by atoms with van der Waals surface area (Å²) >= 11 is 0. The maximum absolute atomic E-state index is 12.0. The van der Waals surface area contributed by atoms with Gasteiger partial charge in [-0.05, 0) is 19.3 Å². The first-order valence-electron chi connectivity index (χ1n) is 6.39. The molecule has 7 heteroatoms. The van der Waals surface area contributed by atoms with E-state index < -0.39 is 22.7 Å². The number of hydrogen-bond donors (Lipinski definition) is 2. The van der Waals surface area contributed by atoms with Gasteiger partial charge in [-0.1, -0.05) is 6.92 Å². The normalized spacial score (nSPS) is 25.9. The summed E-state index contributed by atoms with van der Waals surface area (Å²) < 4.78 is 11.0. The summed E-state index contributed by atoms with van der Waals surface area (Å²) in [5.74, 6) is -0.807. The molecule has 6 nitrogen and oxygen atoms in total. The van der Waals surface area contributed by atoms with Gasteiger partial charge in [-0.3, -0.25) is 9.00 Å². The first kappa shape index (κ1) is 15.9. The number of carbonyl (C=O) groups is 2. The Kier molecular flexibility index (Phi) is 5.78. The van der Waals surface area contributed by atoms with Gasteiger partial charge in [-0.25, -0.2) is 4.79 Å². The lowest BCUT2D eigenvalue weighted by Crippen LogP contribution is -2.43. The van der Waals surface area contributed by atoms with E-state index in [1.807, 2.05) is 13.8 Å². The van der Waals surface area contributed by atoms with Gasteiger partial charge in [0.15, 0.2) is 0 Å². The van der Waals surface area contributed by atoms with Crippen LogP contribution >= 0.6 is 0 Å². The van der Waals surface area contributed by atoms with Crippen molar-refractivity contribution >= 4 is 22.8 Å². The van der Waals surface area contributed by atoms with Crippen molar-refractivity contribution in [3.63, 3.8) is 0 Å².